The van der Waals surface area contributed by atoms with Crippen molar-refractivity contribution < 1.29 is 16.3 Å². The fourth-order valence-electron chi connectivity index (χ4n) is 4.41. The molecule has 5 rings (SSSR count). The van der Waals surface area contributed by atoms with Crippen LogP contribution in [-0.2, 0) is 10.8 Å². The summed E-state index contributed by atoms with van der Waals surface area (Å²) in [5.41, 5.74) is 4.14. The molecule has 24 heavy (non-hydrogen) atoms. The van der Waals surface area contributed by atoms with Crippen LogP contribution in [0.1, 0.15) is 48.9 Å². The Kier molecular flexibility index (Phi) is 3.66. The van der Waals surface area contributed by atoms with Crippen molar-refractivity contribution in [3.05, 3.63) is 46.5 Å². The Morgan fingerprint density at radius 3 is 1.42 bits per heavy atom. The molecule has 0 heterocycles. The van der Waals surface area contributed by atoms with E-state index < -0.39 is 0 Å². The number of aromatic hydroxyl groups is 2. The molecule has 2 aromatic rings. The molecule has 2 unspecified atom stereocenters. The predicted molar refractivity (Wildman–Crippen MR) is 108 cm³/mol. The van der Waals surface area contributed by atoms with Crippen LogP contribution < -0.4 is 6.13 Å². The molecule has 126 valence electrons. The molecule has 2 bridgehead atoms. The van der Waals surface area contributed by atoms with Gasteiger partial charge in [0.2, 0.25) is 0 Å². The first kappa shape index (κ1) is 16.6. The lowest BCUT2D eigenvalue weighted by molar-refractivity contribution is 0.319. The van der Waals surface area contributed by atoms with Gasteiger partial charge in [0.15, 0.2) is 69.0 Å². The van der Waals surface area contributed by atoms with Crippen molar-refractivity contribution >= 4 is 46.0 Å². The highest BCUT2D eigenvalue weighted by molar-refractivity contribution is 14.1. The number of fused-ring (bicyclic) bond motifs is 1. The molecule has 6 heteroatoms. The molecule has 0 aliphatic heterocycles. The zero-order chi connectivity index (χ0) is 17.3. The van der Waals surface area contributed by atoms with Crippen molar-refractivity contribution in [1.82, 2.24) is 0 Å². The van der Waals surface area contributed by atoms with E-state index in [2.05, 4.69) is 26.0 Å². The van der Waals surface area contributed by atoms with E-state index in [-0.39, 0.29) is 22.3 Å². The van der Waals surface area contributed by atoms with Crippen LogP contribution in [0.4, 0.5) is 0 Å². The van der Waals surface area contributed by atoms with Gasteiger partial charge in [-0.05, 0) is 59.4 Å². The topological polar surface area (TPSA) is 58.9 Å². The third-order valence-electron chi connectivity index (χ3n) is 5.87. The van der Waals surface area contributed by atoms with Gasteiger partial charge in [-0.25, -0.2) is 0 Å². The quantitative estimate of drug-likeness (QED) is 0.395. The minimum Gasteiger partial charge on any atom is -0.504 e. The summed E-state index contributed by atoms with van der Waals surface area (Å²) in [4.78, 5) is 0. The molecular formula is C18H16I2O4. The summed E-state index contributed by atoms with van der Waals surface area (Å²) < 4.78 is 10.9. The van der Waals surface area contributed by atoms with Gasteiger partial charge in [0, 0.05) is 10.8 Å². The van der Waals surface area contributed by atoms with Crippen molar-refractivity contribution in [2.24, 2.45) is 0 Å². The Morgan fingerprint density at radius 2 is 1.08 bits per heavy atom. The third-order valence-corrected chi connectivity index (χ3v) is 6.82. The Morgan fingerprint density at radius 1 is 0.750 bits per heavy atom. The van der Waals surface area contributed by atoms with Gasteiger partial charge in [-0.1, -0.05) is 13.8 Å². The zero-order valence-electron chi connectivity index (χ0n) is 13.2. The molecule has 4 nitrogen and oxygen atoms in total. The van der Waals surface area contributed by atoms with Gasteiger partial charge in [0.1, 0.15) is 0 Å². The summed E-state index contributed by atoms with van der Waals surface area (Å²) in [5.74, 6) is 1.27. The smallest absolute Gasteiger partial charge is 0.192 e. The molecule has 2 atom stereocenters. The standard InChI is InChI=1S/C18H16I2O4/c1-17-3-4-18(2,10-6-14(22)13(21)5-9(10)17)12-8-16(24-20)15(23-19)7-11(12)17/h5-8,21-22H,3-4H2,1-2H3. The Hall–Kier alpha value is -0.900. The van der Waals surface area contributed by atoms with E-state index in [4.69, 9.17) is 6.13 Å². The number of halogens is 2. The molecule has 2 aromatic carbocycles. The van der Waals surface area contributed by atoms with E-state index in [0.717, 1.165) is 24.0 Å². The van der Waals surface area contributed by atoms with E-state index in [0.29, 0.717) is 11.5 Å². The van der Waals surface area contributed by atoms with Crippen LogP contribution in [-0.4, -0.2) is 10.2 Å². The first-order valence-electron chi connectivity index (χ1n) is 7.68. The Bertz CT molecular complexity index is 797. The molecular weight excluding hydrogens is 534 g/mol. The summed E-state index contributed by atoms with van der Waals surface area (Å²) >= 11 is 3.74. The van der Waals surface area contributed by atoms with Crippen LogP contribution in [0, 0.1) is 0 Å². The SMILES string of the molecule is CC12CCC(C)(c3cc(O)c(O)cc31)c1cc(OI)c(OI)cc12. The van der Waals surface area contributed by atoms with Crippen LogP contribution >= 0.6 is 46.0 Å². The molecule has 0 saturated carbocycles. The third kappa shape index (κ3) is 1.95. The summed E-state index contributed by atoms with van der Waals surface area (Å²) in [5, 5.41) is 20.1. The summed E-state index contributed by atoms with van der Waals surface area (Å²) in [6.07, 6.45) is 1.97. The number of phenols is 2. The van der Waals surface area contributed by atoms with Crippen LogP contribution in [0.15, 0.2) is 24.3 Å². The van der Waals surface area contributed by atoms with E-state index in [1.807, 2.05) is 46.0 Å². The monoisotopic (exact) mass is 550 g/mol. The zero-order valence-corrected chi connectivity index (χ0v) is 17.5. The minimum atomic E-state index is -0.221. The maximum Gasteiger partial charge on any atom is 0.192 e. The number of benzene rings is 2. The lowest BCUT2D eigenvalue weighted by atomic mass is 9.50. The van der Waals surface area contributed by atoms with E-state index in [9.17, 15) is 10.2 Å². The molecule has 0 spiro atoms. The second kappa shape index (κ2) is 5.30. The van der Waals surface area contributed by atoms with Gasteiger partial charge in [0.05, 0.1) is 0 Å². The number of hydrogen-bond acceptors (Lipinski definition) is 4. The van der Waals surface area contributed by atoms with Gasteiger partial charge in [-0.15, -0.1) is 0 Å². The maximum atomic E-state index is 10.0. The normalized spacial score (nSPS) is 26.7. The second-order valence-corrected chi connectivity index (χ2v) is 7.93. The minimum absolute atomic E-state index is 0.0646. The number of hydrogen-bond donors (Lipinski definition) is 2. The van der Waals surface area contributed by atoms with E-state index in [1.54, 1.807) is 12.1 Å². The molecule has 3 aliphatic rings. The van der Waals surface area contributed by atoms with Gasteiger partial charge >= 0.3 is 0 Å². The van der Waals surface area contributed by atoms with Crippen molar-refractivity contribution in [2.75, 3.05) is 0 Å². The first-order valence-corrected chi connectivity index (χ1v) is 9.44. The van der Waals surface area contributed by atoms with Crippen LogP contribution in [0.2, 0.25) is 0 Å². The van der Waals surface area contributed by atoms with Crippen LogP contribution in [0.5, 0.6) is 23.0 Å². The largest absolute Gasteiger partial charge is 0.504 e. The van der Waals surface area contributed by atoms with Gasteiger partial charge in [-0.2, -0.15) is 0 Å². The number of rotatable bonds is 2. The summed E-state index contributed by atoms with van der Waals surface area (Å²) in [6, 6.07) is 7.55. The lowest BCUT2D eigenvalue weighted by Crippen LogP contribution is -2.46. The highest BCUT2D eigenvalue weighted by Gasteiger charge is 2.52. The average molecular weight is 550 g/mol. The Balaban J connectivity index is 2.08. The van der Waals surface area contributed by atoms with Gasteiger partial charge < -0.3 is 16.3 Å². The number of phenolic OH excluding ortho intramolecular Hbond substituents is 2. The summed E-state index contributed by atoms with van der Waals surface area (Å²) in [6.45, 7) is 4.39. The van der Waals surface area contributed by atoms with Crippen molar-refractivity contribution in [3.8, 4) is 23.0 Å². The molecule has 0 aromatic heterocycles. The highest BCUT2D eigenvalue weighted by atomic mass is 127. The second-order valence-electron chi connectivity index (χ2n) is 7.05. The van der Waals surface area contributed by atoms with Gasteiger partial charge in [-0.3, -0.25) is 0 Å². The molecule has 2 N–H and O–H groups in total. The van der Waals surface area contributed by atoms with Crippen molar-refractivity contribution in [2.45, 2.75) is 37.5 Å². The predicted octanol–water partition coefficient (Wildman–Crippen LogP) is 5.27. The Labute approximate surface area is 168 Å². The maximum absolute atomic E-state index is 10.0. The first-order chi connectivity index (χ1) is 11.3. The summed E-state index contributed by atoms with van der Waals surface area (Å²) in [7, 11) is 0. The van der Waals surface area contributed by atoms with Crippen LogP contribution in [0.25, 0.3) is 0 Å². The van der Waals surface area contributed by atoms with E-state index in [1.165, 1.54) is 11.1 Å². The molecule has 3 aliphatic carbocycles. The highest BCUT2D eigenvalue weighted by Crippen LogP contribution is 2.61. The van der Waals surface area contributed by atoms with Crippen molar-refractivity contribution in [1.29, 1.82) is 0 Å². The molecule has 0 amide bonds. The van der Waals surface area contributed by atoms with E-state index >= 15 is 0 Å². The molecule has 0 radical (unpaired) electrons. The average Bonchev–Trinajstić information content (AvgIpc) is 2.58. The van der Waals surface area contributed by atoms with Crippen molar-refractivity contribution in [3.63, 3.8) is 0 Å². The molecule has 0 fully saturated rings. The lowest BCUT2D eigenvalue weighted by Gasteiger charge is -2.53. The fraction of sp³-hybridized carbons (Fsp3) is 0.333. The van der Waals surface area contributed by atoms with Crippen LogP contribution in [0.3, 0.4) is 0 Å². The van der Waals surface area contributed by atoms with Gasteiger partial charge in [0.25, 0.3) is 0 Å². The fourth-order valence-corrected chi connectivity index (χ4v) is 5.10. The molecule has 0 saturated heterocycles.